The van der Waals surface area contributed by atoms with Gasteiger partial charge in [0.15, 0.2) is 0 Å². The van der Waals surface area contributed by atoms with Gasteiger partial charge < -0.3 is 9.80 Å². The molecule has 0 fully saturated rings. The zero-order valence-corrected chi connectivity index (χ0v) is 35.3. The molecular formula is C47H58F2N6O4. The molecule has 314 valence electrons. The maximum atomic E-state index is 13.4. The number of alkyl halides is 2. The predicted molar refractivity (Wildman–Crippen MR) is 230 cm³/mol. The number of fused-ring (bicyclic) bond motifs is 4. The van der Waals surface area contributed by atoms with Crippen LogP contribution in [0.15, 0.2) is 60.9 Å². The summed E-state index contributed by atoms with van der Waals surface area (Å²) in [6.07, 6.45) is 10.1. The van der Waals surface area contributed by atoms with Crippen LogP contribution in [0, 0.1) is 11.8 Å². The van der Waals surface area contributed by atoms with E-state index >= 15 is 0 Å². The fraction of sp³-hybridized carbons (Fsp3) is 0.489. The highest BCUT2D eigenvalue weighted by Crippen LogP contribution is 2.44. The van der Waals surface area contributed by atoms with E-state index in [0.717, 1.165) is 68.0 Å². The third-order valence-electron chi connectivity index (χ3n) is 12.9. The van der Waals surface area contributed by atoms with Gasteiger partial charge in [-0.2, -0.15) is 0 Å². The zero-order chi connectivity index (χ0) is 42.1. The molecule has 4 heterocycles. The lowest BCUT2D eigenvalue weighted by atomic mass is 9.79. The van der Waals surface area contributed by atoms with E-state index in [9.17, 15) is 28.0 Å². The number of hydrogen-bond acceptors (Lipinski definition) is 6. The van der Waals surface area contributed by atoms with Crippen molar-refractivity contribution in [2.24, 2.45) is 11.8 Å². The summed E-state index contributed by atoms with van der Waals surface area (Å²) < 4.78 is 29.8. The summed E-state index contributed by atoms with van der Waals surface area (Å²) in [7, 11) is 0. The van der Waals surface area contributed by atoms with Crippen molar-refractivity contribution >= 4 is 56.6 Å². The molecule has 2 amide bonds. The zero-order valence-electron chi connectivity index (χ0n) is 35.3. The molecule has 2 aliphatic carbocycles. The van der Waals surface area contributed by atoms with Gasteiger partial charge in [-0.15, -0.1) is 0 Å². The first-order chi connectivity index (χ1) is 28.5. The Balaban J connectivity index is 0.000000179. The van der Waals surface area contributed by atoms with E-state index in [1.165, 1.54) is 0 Å². The molecule has 0 radical (unpaired) electrons. The maximum absolute atomic E-state index is 13.4. The number of nitrogens with zero attached hydrogens (tertiary/aromatic N) is 6. The summed E-state index contributed by atoms with van der Waals surface area (Å²) in [5, 5.41) is 2.19. The second-order valence-electron chi connectivity index (χ2n) is 16.1. The van der Waals surface area contributed by atoms with Gasteiger partial charge in [0.1, 0.15) is 6.67 Å². The largest absolute Gasteiger partial charge is 0.343 e. The Morgan fingerprint density at radius 2 is 1.05 bits per heavy atom. The monoisotopic (exact) mass is 808 g/mol. The van der Waals surface area contributed by atoms with E-state index in [2.05, 4.69) is 34.1 Å². The predicted octanol–water partition coefficient (Wildman–Crippen LogP) is 7.15. The molecule has 10 nitrogen and oxygen atoms in total. The lowest BCUT2D eigenvalue weighted by Crippen LogP contribution is -2.49. The molecule has 8 rings (SSSR count). The summed E-state index contributed by atoms with van der Waals surface area (Å²) >= 11 is 0. The van der Waals surface area contributed by atoms with Crippen molar-refractivity contribution in [3.8, 4) is 0 Å². The quantitative estimate of drug-likeness (QED) is 0.160. The fourth-order valence-electron chi connectivity index (χ4n) is 10.1. The van der Waals surface area contributed by atoms with Crippen molar-refractivity contribution < 1.29 is 28.0 Å². The molecule has 4 aliphatic rings. The van der Waals surface area contributed by atoms with E-state index in [1.54, 1.807) is 23.0 Å². The third-order valence-corrected chi connectivity index (χ3v) is 12.9. The molecule has 2 aromatic heterocycles. The van der Waals surface area contributed by atoms with Crippen LogP contribution in [-0.4, -0.2) is 130 Å². The molecular weight excluding hydrogens is 751 g/mol. The Bertz CT molecular complexity index is 2320. The van der Waals surface area contributed by atoms with Gasteiger partial charge in [-0.25, -0.2) is 4.39 Å². The highest BCUT2D eigenvalue weighted by Gasteiger charge is 2.40. The molecule has 2 aliphatic heterocycles. The summed E-state index contributed by atoms with van der Waals surface area (Å²) in [6.45, 7) is 15.1. The third kappa shape index (κ3) is 7.70. The van der Waals surface area contributed by atoms with Crippen LogP contribution >= 0.6 is 0 Å². The van der Waals surface area contributed by atoms with E-state index in [4.69, 9.17) is 0 Å². The molecule has 0 N–H and O–H groups in total. The first-order valence-corrected chi connectivity index (χ1v) is 21.4. The molecule has 0 spiro atoms. The normalized spacial score (nSPS) is 20.9. The van der Waals surface area contributed by atoms with Gasteiger partial charge in [-0.3, -0.25) is 42.5 Å². The topological polar surface area (TPSA) is 91.1 Å². The minimum absolute atomic E-state index is 0.00822. The van der Waals surface area contributed by atoms with Gasteiger partial charge in [0.05, 0.1) is 29.5 Å². The van der Waals surface area contributed by atoms with E-state index < -0.39 is 6.67 Å². The van der Waals surface area contributed by atoms with Crippen LogP contribution < -0.4 is 0 Å². The number of carbonyl (C=O) groups is 4. The van der Waals surface area contributed by atoms with Crippen LogP contribution in [-0.2, 0) is 22.4 Å². The molecule has 0 bridgehead atoms. The second kappa shape index (κ2) is 17.7. The van der Waals surface area contributed by atoms with Crippen LogP contribution in [0.4, 0.5) is 8.78 Å². The molecule has 4 unspecified atom stereocenters. The highest BCUT2D eigenvalue weighted by molar-refractivity contribution is 6.04. The molecule has 0 saturated heterocycles. The lowest BCUT2D eigenvalue weighted by molar-refractivity contribution is -0.135. The molecule has 0 saturated carbocycles. The lowest BCUT2D eigenvalue weighted by Gasteiger charge is -2.42. The molecule has 59 heavy (non-hydrogen) atoms. The van der Waals surface area contributed by atoms with Crippen LogP contribution in [0.1, 0.15) is 79.8 Å². The average Bonchev–Trinajstić information content (AvgIpc) is 3.82. The number of benzene rings is 2. The van der Waals surface area contributed by atoms with Crippen LogP contribution in [0.3, 0.4) is 0 Å². The summed E-state index contributed by atoms with van der Waals surface area (Å²) in [5.74, 6) is -0.306. The SMILES string of the molecule is CCN(CC)C(=O)C1C=C2c3cccc4c3c(cn4C(C)=O)CC2N(CCCF)C1.CCN(CC)C(=O)C1C=C2c3cccc4c3c(cn4C(C)=O)CC2N(CCF)C1. The van der Waals surface area contributed by atoms with Crippen molar-refractivity contribution in [2.45, 2.75) is 72.9 Å². The van der Waals surface area contributed by atoms with Gasteiger partial charge >= 0.3 is 0 Å². The first kappa shape index (κ1) is 42.2. The van der Waals surface area contributed by atoms with E-state index in [-0.39, 0.29) is 54.2 Å². The van der Waals surface area contributed by atoms with Crippen LogP contribution in [0.5, 0.6) is 0 Å². The minimum Gasteiger partial charge on any atom is -0.343 e. The Morgan fingerprint density at radius 3 is 1.42 bits per heavy atom. The second-order valence-corrected chi connectivity index (χ2v) is 16.1. The fourth-order valence-corrected chi connectivity index (χ4v) is 10.1. The Hall–Kier alpha value is -4.94. The number of halogens is 2. The summed E-state index contributed by atoms with van der Waals surface area (Å²) in [4.78, 5) is 58.6. The summed E-state index contributed by atoms with van der Waals surface area (Å²) in [5.41, 5.74) is 8.48. The van der Waals surface area contributed by atoms with Crippen LogP contribution in [0.2, 0.25) is 0 Å². The van der Waals surface area contributed by atoms with Gasteiger partial charge in [0.25, 0.3) is 0 Å². The van der Waals surface area contributed by atoms with Crippen molar-refractivity contribution in [1.29, 1.82) is 0 Å². The van der Waals surface area contributed by atoms with Gasteiger partial charge in [0.2, 0.25) is 23.6 Å². The number of carbonyl (C=O) groups excluding carboxylic acids is 4. The van der Waals surface area contributed by atoms with Gasteiger partial charge in [-0.05, 0) is 92.5 Å². The van der Waals surface area contributed by atoms with Gasteiger partial charge in [-0.1, -0.05) is 36.4 Å². The van der Waals surface area contributed by atoms with Crippen LogP contribution in [0.25, 0.3) is 33.0 Å². The summed E-state index contributed by atoms with van der Waals surface area (Å²) in [6, 6.07) is 12.2. The standard InChI is InChI=1S/C24H30FN3O2.C23H28FN3O2/c1-4-26(5-2)24(30)18-12-20-19-8-6-9-21-23(19)17(15-28(21)16(3)29)13-22(20)27(14-18)11-7-10-25;1-4-25(5-2)23(29)17-11-19-18-7-6-8-20-22(18)16(14-27(20)15(3)28)12-21(19)26(13-17)10-9-24/h6,8-9,12,15,18,22H,4-5,7,10-11,13-14H2,1-3H3;6-8,11,14,17,21H,4-5,9-10,12-13H2,1-3H3. The van der Waals surface area contributed by atoms with E-state index in [0.29, 0.717) is 58.8 Å². The molecule has 4 aromatic rings. The highest BCUT2D eigenvalue weighted by atomic mass is 19.1. The molecule has 2 aromatic carbocycles. The smallest absolute Gasteiger partial charge is 0.230 e. The van der Waals surface area contributed by atoms with E-state index in [1.807, 2.05) is 74.2 Å². The van der Waals surface area contributed by atoms with Crippen molar-refractivity contribution in [3.63, 3.8) is 0 Å². The minimum atomic E-state index is -0.443. The Labute approximate surface area is 346 Å². The molecule has 4 atom stereocenters. The number of amides is 2. The number of hydrogen-bond donors (Lipinski definition) is 0. The van der Waals surface area contributed by atoms with Crippen molar-refractivity contribution in [2.75, 3.05) is 65.7 Å². The van der Waals surface area contributed by atoms with Crippen molar-refractivity contribution in [3.05, 3.63) is 83.2 Å². The first-order valence-electron chi connectivity index (χ1n) is 21.4. The number of aromatic nitrogens is 2. The Kier molecular flexibility index (Phi) is 12.7. The number of rotatable bonds is 11. The average molecular weight is 809 g/mol. The maximum Gasteiger partial charge on any atom is 0.230 e. The Morgan fingerprint density at radius 1 is 0.627 bits per heavy atom. The van der Waals surface area contributed by atoms with Crippen molar-refractivity contribution in [1.82, 2.24) is 28.7 Å². The van der Waals surface area contributed by atoms with Gasteiger partial charge in [0, 0.05) is 101 Å². The molecule has 12 heteroatoms.